The quantitative estimate of drug-likeness (QED) is 0.591. The lowest BCUT2D eigenvalue weighted by Gasteiger charge is -2.25. The lowest BCUT2D eigenvalue weighted by Crippen LogP contribution is -2.32. The SMILES string of the molecule is C#CCC(OC1CCCCO1)C(=O)/C=C/c1ccco1. The van der Waals surface area contributed by atoms with Gasteiger partial charge in [-0.1, -0.05) is 0 Å². The molecule has 0 N–H and O–H groups in total. The third kappa shape index (κ3) is 4.37. The molecule has 1 aromatic heterocycles. The summed E-state index contributed by atoms with van der Waals surface area (Å²) in [6.07, 6.45) is 12.0. The van der Waals surface area contributed by atoms with Crippen molar-refractivity contribution in [2.75, 3.05) is 6.61 Å². The van der Waals surface area contributed by atoms with E-state index in [1.54, 1.807) is 24.5 Å². The Labute approximate surface area is 118 Å². The highest BCUT2D eigenvalue weighted by molar-refractivity contribution is 5.96. The van der Waals surface area contributed by atoms with E-state index in [9.17, 15) is 4.79 Å². The maximum atomic E-state index is 12.1. The van der Waals surface area contributed by atoms with Gasteiger partial charge in [-0.2, -0.15) is 0 Å². The Hall–Kier alpha value is -1.83. The second-order valence-electron chi connectivity index (χ2n) is 4.58. The van der Waals surface area contributed by atoms with Crippen molar-refractivity contribution in [1.29, 1.82) is 0 Å². The van der Waals surface area contributed by atoms with Gasteiger partial charge in [0.15, 0.2) is 12.1 Å². The molecule has 1 aromatic rings. The summed E-state index contributed by atoms with van der Waals surface area (Å²) in [5, 5.41) is 0. The van der Waals surface area contributed by atoms with Crippen LogP contribution in [0.4, 0.5) is 0 Å². The van der Waals surface area contributed by atoms with Crippen molar-refractivity contribution >= 4 is 11.9 Å². The summed E-state index contributed by atoms with van der Waals surface area (Å²) < 4.78 is 16.3. The third-order valence-electron chi connectivity index (χ3n) is 3.03. The van der Waals surface area contributed by atoms with Gasteiger partial charge >= 0.3 is 0 Å². The highest BCUT2D eigenvalue weighted by Crippen LogP contribution is 2.17. The van der Waals surface area contributed by atoms with Crippen LogP contribution >= 0.6 is 0 Å². The Bertz CT molecular complexity index is 475. The van der Waals surface area contributed by atoms with Crippen molar-refractivity contribution in [2.24, 2.45) is 0 Å². The molecule has 0 amide bonds. The summed E-state index contributed by atoms with van der Waals surface area (Å²) in [7, 11) is 0. The van der Waals surface area contributed by atoms with Crippen molar-refractivity contribution in [2.45, 2.75) is 38.1 Å². The summed E-state index contributed by atoms with van der Waals surface area (Å²) in [5.41, 5.74) is 0. The lowest BCUT2D eigenvalue weighted by molar-refractivity contribution is -0.188. The van der Waals surface area contributed by atoms with E-state index in [1.165, 1.54) is 6.08 Å². The van der Waals surface area contributed by atoms with Gasteiger partial charge in [-0.3, -0.25) is 4.79 Å². The average Bonchev–Trinajstić information content (AvgIpc) is 2.99. The van der Waals surface area contributed by atoms with Crippen molar-refractivity contribution in [3.8, 4) is 12.3 Å². The first kappa shape index (κ1) is 14.6. The van der Waals surface area contributed by atoms with E-state index in [2.05, 4.69) is 5.92 Å². The van der Waals surface area contributed by atoms with E-state index in [1.807, 2.05) is 0 Å². The Balaban J connectivity index is 1.92. The molecule has 106 valence electrons. The molecule has 2 heterocycles. The number of rotatable bonds is 6. The van der Waals surface area contributed by atoms with Crippen LogP contribution in [0.1, 0.15) is 31.4 Å². The molecule has 2 unspecified atom stereocenters. The third-order valence-corrected chi connectivity index (χ3v) is 3.03. The molecule has 2 rings (SSSR count). The first-order valence-electron chi connectivity index (χ1n) is 6.75. The lowest BCUT2D eigenvalue weighted by atomic mass is 10.1. The molecule has 0 aromatic carbocycles. The number of ketones is 1. The molecule has 0 bridgehead atoms. The fourth-order valence-electron chi connectivity index (χ4n) is 1.98. The zero-order valence-corrected chi connectivity index (χ0v) is 11.3. The monoisotopic (exact) mass is 274 g/mol. The smallest absolute Gasteiger partial charge is 0.185 e. The van der Waals surface area contributed by atoms with Crippen LogP contribution in [0.25, 0.3) is 6.08 Å². The number of furan rings is 1. The van der Waals surface area contributed by atoms with Gasteiger partial charge in [-0.25, -0.2) is 0 Å². The van der Waals surface area contributed by atoms with Gasteiger partial charge in [-0.05, 0) is 43.5 Å². The Kier molecular flexibility index (Phi) is 5.60. The van der Waals surface area contributed by atoms with Crippen molar-refractivity contribution < 1.29 is 18.7 Å². The molecule has 2 atom stereocenters. The molecule has 20 heavy (non-hydrogen) atoms. The van der Waals surface area contributed by atoms with Crippen LogP contribution in [0.5, 0.6) is 0 Å². The first-order chi connectivity index (χ1) is 9.79. The average molecular weight is 274 g/mol. The minimum absolute atomic E-state index is 0.173. The van der Waals surface area contributed by atoms with Gasteiger partial charge in [0.05, 0.1) is 6.26 Å². The van der Waals surface area contributed by atoms with Gasteiger partial charge in [0.2, 0.25) is 0 Å². The Morgan fingerprint density at radius 2 is 2.50 bits per heavy atom. The summed E-state index contributed by atoms with van der Waals surface area (Å²) in [6, 6.07) is 3.53. The zero-order chi connectivity index (χ0) is 14.2. The van der Waals surface area contributed by atoms with Crippen LogP contribution in [-0.2, 0) is 14.3 Å². The van der Waals surface area contributed by atoms with Crippen LogP contribution in [0.15, 0.2) is 28.9 Å². The van der Waals surface area contributed by atoms with E-state index in [0.29, 0.717) is 12.4 Å². The molecule has 4 nitrogen and oxygen atoms in total. The predicted octanol–water partition coefficient (Wildman–Crippen LogP) is 2.80. The van der Waals surface area contributed by atoms with E-state index >= 15 is 0 Å². The highest BCUT2D eigenvalue weighted by Gasteiger charge is 2.23. The van der Waals surface area contributed by atoms with E-state index in [4.69, 9.17) is 20.3 Å². The maximum Gasteiger partial charge on any atom is 0.185 e. The predicted molar refractivity (Wildman–Crippen MR) is 74.7 cm³/mol. The van der Waals surface area contributed by atoms with Crippen LogP contribution < -0.4 is 0 Å². The fourth-order valence-corrected chi connectivity index (χ4v) is 1.98. The second kappa shape index (κ2) is 7.68. The number of ether oxygens (including phenoxy) is 2. The van der Waals surface area contributed by atoms with E-state index in [0.717, 1.165) is 19.3 Å². The van der Waals surface area contributed by atoms with Crippen molar-refractivity contribution in [3.05, 3.63) is 30.2 Å². The molecule has 0 aliphatic carbocycles. The van der Waals surface area contributed by atoms with Crippen LogP contribution in [-0.4, -0.2) is 24.8 Å². The second-order valence-corrected chi connectivity index (χ2v) is 4.58. The topological polar surface area (TPSA) is 48.7 Å². The number of terminal acetylenes is 1. The summed E-state index contributed by atoms with van der Waals surface area (Å²) >= 11 is 0. The molecule has 1 aliphatic rings. The number of carbonyl (C=O) groups is 1. The highest BCUT2D eigenvalue weighted by atomic mass is 16.7. The van der Waals surface area contributed by atoms with Gasteiger partial charge in [0, 0.05) is 13.0 Å². The Morgan fingerprint density at radius 3 is 3.15 bits per heavy atom. The first-order valence-corrected chi connectivity index (χ1v) is 6.75. The zero-order valence-electron chi connectivity index (χ0n) is 11.3. The van der Waals surface area contributed by atoms with Crippen molar-refractivity contribution in [1.82, 2.24) is 0 Å². The van der Waals surface area contributed by atoms with Gasteiger partial charge in [0.1, 0.15) is 11.9 Å². The van der Waals surface area contributed by atoms with Crippen molar-refractivity contribution in [3.63, 3.8) is 0 Å². The number of hydrogen-bond acceptors (Lipinski definition) is 4. The number of hydrogen-bond donors (Lipinski definition) is 0. The normalized spacial score (nSPS) is 20.6. The van der Waals surface area contributed by atoms with Gasteiger partial charge in [0.25, 0.3) is 0 Å². The molecular weight excluding hydrogens is 256 g/mol. The molecule has 1 saturated heterocycles. The molecule has 0 spiro atoms. The largest absolute Gasteiger partial charge is 0.465 e. The van der Waals surface area contributed by atoms with Crippen LogP contribution in [0.2, 0.25) is 0 Å². The minimum atomic E-state index is -0.658. The molecule has 1 aliphatic heterocycles. The fraction of sp³-hybridized carbons (Fsp3) is 0.438. The molecule has 4 heteroatoms. The van der Waals surface area contributed by atoms with E-state index < -0.39 is 6.10 Å². The molecule has 0 saturated carbocycles. The minimum Gasteiger partial charge on any atom is -0.465 e. The Morgan fingerprint density at radius 1 is 1.60 bits per heavy atom. The molecule has 1 fully saturated rings. The van der Waals surface area contributed by atoms with Crippen LogP contribution in [0, 0.1) is 12.3 Å². The maximum absolute atomic E-state index is 12.1. The van der Waals surface area contributed by atoms with Crippen LogP contribution in [0.3, 0.4) is 0 Å². The van der Waals surface area contributed by atoms with Gasteiger partial charge < -0.3 is 13.9 Å². The standard InChI is InChI=1S/C16H18O4/c1-2-6-15(20-16-8-3-4-11-19-16)14(17)10-9-13-7-5-12-18-13/h1,5,7,9-10,12,15-16H,3-4,6,8,11H2/b10-9+. The summed E-state index contributed by atoms with van der Waals surface area (Å²) in [5.74, 6) is 2.92. The molecular formula is C16H18O4. The summed E-state index contributed by atoms with van der Waals surface area (Å²) in [4.78, 5) is 12.1. The summed E-state index contributed by atoms with van der Waals surface area (Å²) in [6.45, 7) is 0.671. The van der Waals surface area contributed by atoms with Gasteiger partial charge in [-0.15, -0.1) is 12.3 Å². The number of carbonyl (C=O) groups excluding carboxylic acids is 1. The molecule has 0 radical (unpaired) electrons. The van der Waals surface area contributed by atoms with E-state index in [-0.39, 0.29) is 18.5 Å².